The Morgan fingerprint density at radius 1 is 1.17 bits per heavy atom. The van der Waals surface area contributed by atoms with E-state index in [0.717, 1.165) is 52.0 Å². The van der Waals surface area contributed by atoms with Crippen LogP contribution in [0.1, 0.15) is 44.2 Å². The van der Waals surface area contributed by atoms with Gasteiger partial charge in [-0.15, -0.1) is 0 Å². The lowest BCUT2D eigenvalue weighted by atomic mass is 9.92. The molecule has 1 aromatic carbocycles. The van der Waals surface area contributed by atoms with Crippen molar-refractivity contribution in [2.24, 2.45) is 11.3 Å². The van der Waals surface area contributed by atoms with Crippen LogP contribution in [0.4, 0.5) is 0 Å². The molecule has 1 heterocycles. The molecule has 1 amide bonds. The molecule has 1 aliphatic carbocycles. The van der Waals surface area contributed by atoms with E-state index in [1.807, 2.05) is 0 Å². The zero-order chi connectivity index (χ0) is 17.0. The average Bonchev–Trinajstić information content (AvgIpc) is 3.32. The number of amides is 1. The van der Waals surface area contributed by atoms with Crippen LogP contribution in [0.25, 0.3) is 0 Å². The minimum Gasteiger partial charge on any atom is -0.352 e. The van der Waals surface area contributed by atoms with E-state index in [9.17, 15) is 4.79 Å². The molecule has 1 atom stereocenters. The van der Waals surface area contributed by atoms with Crippen LogP contribution in [-0.2, 0) is 17.9 Å². The predicted octanol–water partition coefficient (Wildman–Crippen LogP) is 2.53. The van der Waals surface area contributed by atoms with E-state index in [-0.39, 0.29) is 11.8 Å². The number of carbonyl (C=O) groups excluding carboxylic acids is 1. The molecule has 3 rings (SSSR count). The Morgan fingerprint density at radius 2 is 1.79 bits per heavy atom. The molecule has 2 aliphatic rings. The van der Waals surface area contributed by atoms with Crippen molar-refractivity contribution in [1.29, 1.82) is 0 Å². The maximum absolute atomic E-state index is 12.4. The summed E-state index contributed by atoms with van der Waals surface area (Å²) < 4.78 is 0. The van der Waals surface area contributed by atoms with Crippen molar-refractivity contribution in [2.45, 2.75) is 46.2 Å². The fraction of sp³-hybridized carbons (Fsp3) is 0.650. The van der Waals surface area contributed by atoms with Crippen LogP contribution < -0.4 is 10.6 Å². The number of carbonyl (C=O) groups is 1. The van der Waals surface area contributed by atoms with Crippen molar-refractivity contribution in [3.05, 3.63) is 35.4 Å². The van der Waals surface area contributed by atoms with Crippen molar-refractivity contribution in [2.75, 3.05) is 26.2 Å². The van der Waals surface area contributed by atoms with Gasteiger partial charge in [0.1, 0.15) is 0 Å². The highest BCUT2D eigenvalue weighted by Gasteiger charge is 2.57. The first-order valence-corrected chi connectivity index (χ1v) is 9.45. The summed E-state index contributed by atoms with van der Waals surface area (Å²) in [5, 5.41) is 6.53. The predicted molar refractivity (Wildman–Crippen MR) is 97.6 cm³/mol. The van der Waals surface area contributed by atoms with Gasteiger partial charge in [-0.05, 0) is 62.0 Å². The summed E-state index contributed by atoms with van der Waals surface area (Å²) in [5.74, 6) is 0.505. The normalized spacial score (nSPS) is 21.9. The summed E-state index contributed by atoms with van der Waals surface area (Å²) in [6.45, 7) is 10.3. The van der Waals surface area contributed by atoms with E-state index in [0.29, 0.717) is 12.0 Å². The molecule has 1 aliphatic heterocycles. The smallest absolute Gasteiger partial charge is 0.223 e. The summed E-state index contributed by atoms with van der Waals surface area (Å²) in [6.07, 6.45) is 3.40. The maximum atomic E-state index is 12.4. The number of nitrogens with one attached hydrogen (secondary N) is 2. The van der Waals surface area contributed by atoms with Crippen LogP contribution in [-0.4, -0.2) is 37.0 Å². The van der Waals surface area contributed by atoms with Crippen molar-refractivity contribution in [3.8, 4) is 0 Å². The molecule has 1 spiro atoms. The van der Waals surface area contributed by atoms with Crippen LogP contribution in [0.2, 0.25) is 0 Å². The zero-order valence-electron chi connectivity index (χ0n) is 15.1. The van der Waals surface area contributed by atoms with Crippen molar-refractivity contribution >= 4 is 5.91 Å². The Kier molecular flexibility index (Phi) is 5.57. The van der Waals surface area contributed by atoms with Gasteiger partial charge in [0.15, 0.2) is 0 Å². The number of hydrogen-bond donors (Lipinski definition) is 2. The third-order valence-corrected chi connectivity index (χ3v) is 5.90. The summed E-state index contributed by atoms with van der Waals surface area (Å²) in [4.78, 5) is 14.8. The van der Waals surface area contributed by atoms with Crippen molar-refractivity contribution < 1.29 is 4.79 Å². The molecule has 24 heavy (non-hydrogen) atoms. The lowest BCUT2D eigenvalue weighted by Crippen LogP contribution is -2.33. The first kappa shape index (κ1) is 17.4. The van der Waals surface area contributed by atoms with Crippen molar-refractivity contribution in [3.63, 3.8) is 0 Å². The zero-order valence-corrected chi connectivity index (χ0v) is 15.1. The SMILES string of the molecule is CCN(CC)Cc1ccc(CNC(=O)C2CC23CCNCC3)cc1. The molecule has 0 aromatic heterocycles. The first-order valence-electron chi connectivity index (χ1n) is 9.45. The molecule has 1 aromatic rings. The van der Waals surface area contributed by atoms with Crippen LogP contribution in [0.5, 0.6) is 0 Å². The molecule has 0 bridgehead atoms. The van der Waals surface area contributed by atoms with Gasteiger partial charge < -0.3 is 10.6 Å². The van der Waals surface area contributed by atoms with Crippen LogP contribution in [0.3, 0.4) is 0 Å². The van der Waals surface area contributed by atoms with Crippen LogP contribution >= 0.6 is 0 Å². The molecule has 1 unspecified atom stereocenters. The summed E-state index contributed by atoms with van der Waals surface area (Å²) in [7, 11) is 0. The number of benzene rings is 1. The van der Waals surface area contributed by atoms with E-state index in [2.05, 4.69) is 53.6 Å². The fourth-order valence-electron chi connectivity index (χ4n) is 3.98. The topological polar surface area (TPSA) is 44.4 Å². The maximum Gasteiger partial charge on any atom is 0.223 e. The van der Waals surface area contributed by atoms with Crippen LogP contribution in [0, 0.1) is 11.3 Å². The van der Waals surface area contributed by atoms with Gasteiger partial charge in [0, 0.05) is 19.0 Å². The van der Waals surface area contributed by atoms with Gasteiger partial charge in [-0.25, -0.2) is 0 Å². The molecular formula is C20H31N3O. The quantitative estimate of drug-likeness (QED) is 0.808. The lowest BCUT2D eigenvalue weighted by Gasteiger charge is -2.23. The van der Waals surface area contributed by atoms with E-state index in [1.165, 1.54) is 11.1 Å². The number of rotatable bonds is 7. The van der Waals surface area contributed by atoms with Gasteiger partial charge in [0.25, 0.3) is 0 Å². The standard InChI is InChI=1S/C20H31N3O/c1-3-23(4-2)15-17-7-5-16(6-8-17)14-22-19(24)18-13-20(18)9-11-21-12-10-20/h5-8,18,21H,3-4,9-15H2,1-2H3,(H,22,24). The van der Waals surface area contributed by atoms with Gasteiger partial charge in [-0.2, -0.15) is 0 Å². The summed E-state index contributed by atoms with van der Waals surface area (Å²) in [6, 6.07) is 8.66. The fourth-order valence-corrected chi connectivity index (χ4v) is 3.98. The minimum absolute atomic E-state index is 0.251. The summed E-state index contributed by atoms with van der Waals surface area (Å²) in [5.41, 5.74) is 2.85. The molecular weight excluding hydrogens is 298 g/mol. The molecule has 4 nitrogen and oxygen atoms in total. The van der Waals surface area contributed by atoms with Gasteiger partial charge in [0.05, 0.1) is 0 Å². The molecule has 2 N–H and O–H groups in total. The second-order valence-electron chi connectivity index (χ2n) is 7.36. The molecule has 0 radical (unpaired) electrons. The second-order valence-corrected chi connectivity index (χ2v) is 7.36. The Hall–Kier alpha value is -1.39. The highest BCUT2D eigenvalue weighted by Crippen LogP contribution is 2.58. The highest BCUT2D eigenvalue weighted by molar-refractivity contribution is 5.82. The molecule has 1 saturated carbocycles. The summed E-state index contributed by atoms with van der Waals surface area (Å²) >= 11 is 0. The minimum atomic E-state index is 0.251. The Bertz CT molecular complexity index is 545. The lowest BCUT2D eigenvalue weighted by molar-refractivity contribution is -0.123. The Labute approximate surface area is 146 Å². The number of nitrogens with zero attached hydrogens (tertiary/aromatic N) is 1. The molecule has 1 saturated heterocycles. The Balaban J connectivity index is 1.46. The molecule has 4 heteroatoms. The molecule has 2 fully saturated rings. The van der Waals surface area contributed by atoms with Gasteiger partial charge in [0.2, 0.25) is 5.91 Å². The van der Waals surface area contributed by atoms with E-state index in [1.54, 1.807) is 0 Å². The third kappa shape index (κ3) is 3.98. The third-order valence-electron chi connectivity index (χ3n) is 5.90. The van der Waals surface area contributed by atoms with Gasteiger partial charge in [-0.3, -0.25) is 9.69 Å². The van der Waals surface area contributed by atoms with Crippen molar-refractivity contribution in [1.82, 2.24) is 15.5 Å². The van der Waals surface area contributed by atoms with Crippen LogP contribution in [0.15, 0.2) is 24.3 Å². The first-order chi connectivity index (χ1) is 11.7. The number of hydrogen-bond acceptors (Lipinski definition) is 3. The molecule has 132 valence electrons. The Morgan fingerprint density at radius 3 is 2.42 bits per heavy atom. The number of piperidine rings is 1. The highest BCUT2D eigenvalue weighted by atomic mass is 16.2. The monoisotopic (exact) mass is 329 g/mol. The average molecular weight is 329 g/mol. The van der Waals surface area contributed by atoms with E-state index >= 15 is 0 Å². The van der Waals surface area contributed by atoms with Gasteiger partial charge >= 0.3 is 0 Å². The van der Waals surface area contributed by atoms with E-state index < -0.39 is 0 Å². The second kappa shape index (κ2) is 7.66. The largest absolute Gasteiger partial charge is 0.352 e. The van der Waals surface area contributed by atoms with Gasteiger partial charge in [-0.1, -0.05) is 38.1 Å². The van der Waals surface area contributed by atoms with E-state index in [4.69, 9.17) is 0 Å².